The molecule has 0 aromatic heterocycles. The first kappa shape index (κ1) is 16.8. The average molecular weight is 297 g/mol. The van der Waals surface area contributed by atoms with Crippen LogP contribution in [0, 0.1) is 17.3 Å². The second kappa shape index (κ2) is 6.66. The molecule has 4 unspecified atom stereocenters. The Balaban J connectivity index is 1.97. The molecule has 1 N–H and O–H groups in total. The molecule has 0 spiro atoms. The Kier molecular flexibility index (Phi) is 5.31. The van der Waals surface area contributed by atoms with Gasteiger partial charge in [-0.25, -0.2) is 0 Å². The molecule has 4 nitrogen and oxygen atoms in total. The van der Waals surface area contributed by atoms with Crippen LogP contribution in [-0.2, 0) is 9.53 Å². The lowest BCUT2D eigenvalue weighted by Gasteiger charge is -2.34. The summed E-state index contributed by atoms with van der Waals surface area (Å²) >= 11 is 0. The van der Waals surface area contributed by atoms with Gasteiger partial charge in [-0.3, -0.25) is 9.69 Å². The summed E-state index contributed by atoms with van der Waals surface area (Å²) in [5, 5.41) is 9.33. The summed E-state index contributed by atoms with van der Waals surface area (Å²) in [6.45, 7) is 7.95. The van der Waals surface area contributed by atoms with Crippen molar-refractivity contribution < 1.29 is 14.6 Å². The maximum atomic E-state index is 11.3. The molecule has 1 saturated carbocycles. The number of rotatable bonds is 3. The van der Waals surface area contributed by atoms with E-state index in [0.717, 1.165) is 5.92 Å². The van der Waals surface area contributed by atoms with Crippen LogP contribution in [0.1, 0.15) is 52.9 Å². The van der Waals surface area contributed by atoms with E-state index in [-0.39, 0.29) is 12.0 Å². The van der Waals surface area contributed by atoms with Crippen molar-refractivity contribution in [2.45, 2.75) is 65.0 Å². The van der Waals surface area contributed by atoms with Crippen LogP contribution >= 0.6 is 0 Å². The molecule has 122 valence electrons. The molecule has 1 saturated heterocycles. The number of ether oxygens (including phenoxy) is 1. The molecule has 2 fully saturated rings. The minimum absolute atomic E-state index is 0.0405. The number of hydrogen-bond acceptors (Lipinski definition) is 3. The Morgan fingerprint density at radius 2 is 1.86 bits per heavy atom. The van der Waals surface area contributed by atoms with Gasteiger partial charge in [0, 0.05) is 12.1 Å². The lowest BCUT2D eigenvalue weighted by molar-refractivity contribution is -0.143. The standard InChI is InChI=1S/C17H31NO3/c1-17(2,3)12-6-5-7-13(9-8-12)18(4)15-11-21-10-14(15)16(19)20/h12-15H,5-11H2,1-4H3,(H,19,20). The smallest absolute Gasteiger partial charge is 0.310 e. The number of carbonyl (C=O) groups is 1. The van der Waals surface area contributed by atoms with Crippen molar-refractivity contribution in [1.82, 2.24) is 4.90 Å². The van der Waals surface area contributed by atoms with Gasteiger partial charge in [0.05, 0.1) is 19.1 Å². The highest BCUT2D eigenvalue weighted by Crippen LogP contribution is 2.38. The third kappa shape index (κ3) is 3.98. The van der Waals surface area contributed by atoms with Crippen molar-refractivity contribution in [3.05, 3.63) is 0 Å². The fraction of sp³-hybridized carbons (Fsp3) is 0.941. The maximum Gasteiger partial charge on any atom is 0.310 e. The molecule has 1 heterocycles. The highest BCUT2D eigenvalue weighted by atomic mass is 16.5. The van der Waals surface area contributed by atoms with E-state index in [4.69, 9.17) is 4.74 Å². The van der Waals surface area contributed by atoms with Crippen LogP contribution in [0.3, 0.4) is 0 Å². The lowest BCUT2D eigenvalue weighted by Crippen LogP contribution is -2.46. The van der Waals surface area contributed by atoms with Gasteiger partial charge in [-0.15, -0.1) is 0 Å². The van der Waals surface area contributed by atoms with Crippen LogP contribution in [0.15, 0.2) is 0 Å². The number of hydrogen-bond donors (Lipinski definition) is 1. The summed E-state index contributed by atoms with van der Waals surface area (Å²) in [4.78, 5) is 13.6. The summed E-state index contributed by atoms with van der Waals surface area (Å²) in [6.07, 6.45) is 6.18. The van der Waals surface area contributed by atoms with E-state index < -0.39 is 5.97 Å². The van der Waals surface area contributed by atoms with Crippen molar-refractivity contribution in [2.75, 3.05) is 20.3 Å². The predicted octanol–water partition coefficient (Wildman–Crippen LogP) is 3.01. The van der Waals surface area contributed by atoms with Crippen LogP contribution in [-0.4, -0.2) is 48.3 Å². The van der Waals surface area contributed by atoms with E-state index in [0.29, 0.717) is 24.7 Å². The highest BCUT2D eigenvalue weighted by molar-refractivity contribution is 5.71. The van der Waals surface area contributed by atoms with Crippen LogP contribution < -0.4 is 0 Å². The molecule has 1 aliphatic heterocycles. The van der Waals surface area contributed by atoms with Gasteiger partial charge in [0.2, 0.25) is 0 Å². The molecular weight excluding hydrogens is 266 g/mol. The summed E-state index contributed by atoms with van der Waals surface area (Å²) in [7, 11) is 2.09. The van der Waals surface area contributed by atoms with Crippen LogP contribution in [0.2, 0.25) is 0 Å². The van der Waals surface area contributed by atoms with E-state index in [1.54, 1.807) is 0 Å². The topological polar surface area (TPSA) is 49.8 Å². The van der Waals surface area contributed by atoms with Gasteiger partial charge < -0.3 is 9.84 Å². The Morgan fingerprint density at radius 3 is 2.48 bits per heavy atom. The van der Waals surface area contributed by atoms with Gasteiger partial charge in [0.25, 0.3) is 0 Å². The van der Waals surface area contributed by atoms with Gasteiger partial charge in [-0.1, -0.05) is 27.2 Å². The first-order valence-electron chi connectivity index (χ1n) is 8.33. The molecule has 4 atom stereocenters. The Morgan fingerprint density at radius 1 is 1.14 bits per heavy atom. The average Bonchev–Trinajstić information content (AvgIpc) is 2.73. The number of aliphatic carboxylic acids is 1. The van der Waals surface area contributed by atoms with Crippen molar-refractivity contribution >= 4 is 5.97 Å². The zero-order valence-electron chi connectivity index (χ0n) is 14.0. The summed E-state index contributed by atoms with van der Waals surface area (Å²) in [5.74, 6) is -0.298. The maximum absolute atomic E-state index is 11.3. The zero-order valence-corrected chi connectivity index (χ0v) is 14.0. The molecule has 1 aliphatic carbocycles. The predicted molar refractivity (Wildman–Crippen MR) is 83.3 cm³/mol. The number of likely N-dealkylation sites (N-methyl/N-ethyl adjacent to an activating group) is 1. The fourth-order valence-corrected chi connectivity index (χ4v) is 4.01. The third-order valence-corrected chi connectivity index (χ3v) is 5.63. The normalized spacial score (nSPS) is 34.9. The van der Waals surface area contributed by atoms with Crippen molar-refractivity contribution in [1.29, 1.82) is 0 Å². The Labute approximate surface area is 128 Å². The van der Waals surface area contributed by atoms with Crippen molar-refractivity contribution in [3.8, 4) is 0 Å². The quantitative estimate of drug-likeness (QED) is 0.814. The van der Waals surface area contributed by atoms with Gasteiger partial charge in [0.1, 0.15) is 0 Å². The lowest BCUT2D eigenvalue weighted by atomic mass is 9.76. The molecule has 2 rings (SSSR count). The van der Waals surface area contributed by atoms with Crippen LogP contribution in [0.25, 0.3) is 0 Å². The van der Waals surface area contributed by atoms with E-state index in [2.05, 4.69) is 32.7 Å². The number of carboxylic acid groups (broad SMARTS) is 1. The molecule has 2 aliphatic rings. The molecule has 4 heteroatoms. The largest absolute Gasteiger partial charge is 0.481 e. The van der Waals surface area contributed by atoms with Gasteiger partial charge in [-0.05, 0) is 44.1 Å². The summed E-state index contributed by atoms with van der Waals surface area (Å²) in [6, 6.07) is 0.546. The van der Waals surface area contributed by atoms with Gasteiger partial charge >= 0.3 is 5.97 Å². The first-order valence-corrected chi connectivity index (χ1v) is 8.33. The van der Waals surface area contributed by atoms with Crippen molar-refractivity contribution in [3.63, 3.8) is 0 Å². The molecule has 0 radical (unpaired) electrons. The van der Waals surface area contributed by atoms with Crippen LogP contribution in [0.4, 0.5) is 0 Å². The molecule has 21 heavy (non-hydrogen) atoms. The van der Waals surface area contributed by atoms with Gasteiger partial charge in [0.15, 0.2) is 0 Å². The van der Waals surface area contributed by atoms with E-state index in [9.17, 15) is 9.90 Å². The van der Waals surface area contributed by atoms with Gasteiger partial charge in [-0.2, -0.15) is 0 Å². The minimum Gasteiger partial charge on any atom is -0.481 e. The second-order valence-corrected chi connectivity index (χ2v) is 7.94. The minimum atomic E-state index is -0.717. The highest BCUT2D eigenvalue weighted by Gasteiger charge is 2.39. The Bertz CT molecular complexity index is 364. The number of carboxylic acids is 1. The SMILES string of the molecule is CN(C1CCCC(C(C)(C)C)CC1)C1COCC1C(=O)O. The first-order chi connectivity index (χ1) is 9.80. The monoisotopic (exact) mass is 297 g/mol. The fourth-order valence-electron chi connectivity index (χ4n) is 4.01. The van der Waals surface area contributed by atoms with Crippen molar-refractivity contribution in [2.24, 2.45) is 17.3 Å². The molecule has 0 bridgehead atoms. The zero-order chi connectivity index (χ0) is 15.6. The molecule has 0 aromatic carbocycles. The molecule has 0 amide bonds. The number of nitrogens with zero attached hydrogens (tertiary/aromatic N) is 1. The molecule has 0 aromatic rings. The van der Waals surface area contributed by atoms with Crippen LogP contribution in [0.5, 0.6) is 0 Å². The van der Waals surface area contributed by atoms with E-state index in [1.807, 2.05) is 0 Å². The summed E-state index contributed by atoms with van der Waals surface area (Å²) < 4.78 is 5.43. The van der Waals surface area contributed by atoms with E-state index >= 15 is 0 Å². The van der Waals surface area contributed by atoms with E-state index in [1.165, 1.54) is 32.1 Å². The Hall–Kier alpha value is -0.610. The summed E-state index contributed by atoms with van der Waals surface area (Å²) in [5.41, 5.74) is 0.382. The second-order valence-electron chi connectivity index (χ2n) is 7.94. The third-order valence-electron chi connectivity index (χ3n) is 5.63. The molecular formula is C17H31NO3.